The van der Waals surface area contributed by atoms with E-state index in [1.165, 1.54) is 12.1 Å². The van der Waals surface area contributed by atoms with Crippen LogP contribution in [-0.2, 0) is 14.8 Å². The lowest BCUT2D eigenvalue weighted by Crippen LogP contribution is -2.38. The van der Waals surface area contributed by atoms with Crippen molar-refractivity contribution < 1.29 is 22.3 Å². The summed E-state index contributed by atoms with van der Waals surface area (Å²) in [5.41, 5.74) is 1.53. The lowest BCUT2D eigenvalue weighted by molar-refractivity contribution is 0.0374. The molecule has 0 radical (unpaired) electrons. The molecule has 0 spiro atoms. The van der Waals surface area contributed by atoms with Crippen molar-refractivity contribution in [1.29, 1.82) is 0 Å². The van der Waals surface area contributed by atoms with Crippen molar-refractivity contribution in [3.8, 4) is 0 Å². The smallest absolute Gasteiger partial charge is 0.261 e. The number of carbonyl (C=O) groups is 1. The predicted molar refractivity (Wildman–Crippen MR) is 138 cm³/mol. The van der Waals surface area contributed by atoms with Gasteiger partial charge in [-0.05, 0) is 74.2 Å². The van der Waals surface area contributed by atoms with E-state index in [1.807, 2.05) is 0 Å². The summed E-state index contributed by atoms with van der Waals surface area (Å²) in [4.78, 5) is 17.7. The van der Waals surface area contributed by atoms with Gasteiger partial charge in [-0.25, -0.2) is 12.8 Å². The molecule has 2 N–H and O–H groups in total. The summed E-state index contributed by atoms with van der Waals surface area (Å²) >= 11 is 0. The van der Waals surface area contributed by atoms with Gasteiger partial charge in [-0.1, -0.05) is 6.92 Å². The van der Waals surface area contributed by atoms with Crippen LogP contribution in [0.3, 0.4) is 0 Å². The molecule has 2 heterocycles. The van der Waals surface area contributed by atoms with E-state index in [0.29, 0.717) is 18.0 Å². The average Bonchev–Trinajstić information content (AvgIpc) is 2.88. The highest BCUT2D eigenvalue weighted by Crippen LogP contribution is 2.29. The number of anilines is 2. The van der Waals surface area contributed by atoms with Gasteiger partial charge in [0.2, 0.25) is 0 Å². The molecule has 0 bridgehead atoms. The third-order valence-electron chi connectivity index (χ3n) is 6.78. The van der Waals surface area contributed by atoms with Gasteiger partial charge in [0.05, 0.1) is 23.7 Å². The molecule has 0 aromatic heterocycles. The SMILES string of the molecule is CC1CCN(c2ccc(NS(=O)(=O)c3ccc(F)cc3)cc2C(=O)NCCCN2CCOCC2)CC1. The minimum Gasteiger partial charge on any atom is -0.379 e. The Bertz CT molecular complexity index is 1130. The van der Waals surface area contributed by atoms with Crippen molar-refractivity contribution in [2.45, 2.75) is 31.1 Å². The molecule has 10 heteroatoms. The summed E-state index contributed by atoms with van der Waals surface area (Å²) in [6.07, 6.45) is 2.90. The lowest BCUT2D eigenvalue weighted by atomic mass is 9.98. The van der Waals surface area contributed by atoms with E-state index in [0.717, 1.165) is 83.0 Å². The number of hydrogen-bond acceptors (Lipinski definition) is 6. The molecule has 0 aliphatic carbocycles. The van der Waals surface area contributed by atoms with Gasteiger partial charge in [-0.2, -0.15) is 0 Å². The summed E-state index contributed by atoms with van der Waals surface area (Å²) in [7, 11) is -3.93. The van der Waals surface area contributed by atoms with Gasteiger partial charge in [0.25, 0.3) is 15.9 Å². The zero-order valence-corrected chi connectivity index (χ0v) is 21.5. The molecular weight excluding hydrogens is 483 g/mol. The van der Waals surface area contributed by atoms with E-state index >= 15 is 0 Å². The lowest BCUT2D eigenvalue weighted by Gasteiger charge is -2.33. The van der Waals surface area contributed by atoms with Crippen LogP contribution in [0.2, 0.25) is 0 Å². The van der Waals surface area contributed by atoms with Crippen molar-refractivity contribution in [3.05, 3.63) is 53.8 Å². The first-order valence-electron chi connectivity index (χ1n) is 12.6. The fraction of sp³-hybridized carbons (Fsp3) is 0.500. The van der Waals surface area contributed by atoms with E-state index in [-0.39, 0.29) is 16.5 Å². The van der Waals surface area contributed by atoms with Crippen molar-refractivity contribution >= 4 is 27.3 Å². The van der Waals surface area contributed by atoms with Crippen molar-refractivity contribution in [2.75, 3.05) is 62.1 Å². The fourth-order valence-corrected chi connectivity index (χ4v) is 5.61. The third-order valence-corrected chi connectivity index (χ3v) is 8.18. The van der Waals surface area contributed by atoms with E-state index in [2.05, 4.69) is 26.8 Å². The molecule has 0 atom stereocenters. The normalized spacial score (nSPS) is 17.7. The summed E-state index contributed by atoms with van der Waals surface area (Å²) in [6.45, 7) is 8.63. The van der Waals surface area contributed by atoms with E-state index in [1.54, 1.807) is 18.2 Å². The largest absolute Gasteiger partial charge is 0.379 e. The molecule has 196 valence electrons. The molecule has 1 amide bonds. The minimum absolute atomic E-state index is 0.0490. The molecule has 8 nitrogen and oxygen atoms in total. The van der Waals surface area contributed by atoms with E-state index in [4.69, 9.17) is 4.74 Å². The van der Waals surface area contributed by atoms with Gasteiger partial charge >= 0.3 is 0 Å². The molecule has 2 aliphatic rings. The Balaban J connectivity index is 1.48. The molecule has 0 saturated carbocycles. The number of piperidine rings is 1. The van der Waals surface area contributed by atoms with Crippen LogP contribution in [0.4, 0.5) is 15.8 Å². The Kier molecular flexibility index (Phi) is 8.81. The van der Waals surface area contributed by atoms with Crippen LogP contribution in [0.25, 0.3) is 0 Å². The first-order valence-corrected chi connectivity index (χ1v) is 14.1. The first-order chi connectivity index (χ1) is 17.3. The highest BCUT2D eigenvalue weighted by molar-refractivity contribution is 7.92. The molecule has 2 aromatic rings. The van der Waals surface area contributed by atoms with Gasteiger partial charge in [0.1, 0.15) is 5.82 Å². The maximum atomic E-state index is 13.3. The van der Waals surface area contributed by atoms with Crippen LogP contribution in [0.5, 0.6) is 0 Å². The second-order valence-corrected chi connectivity index (χ2v) is 11.2. The number of hydrogen-bond donors (Lipinski definition) is 2. The number of nitrogens with one attached hydrogen (secondary N) is 2. The number of nitrogens with zero attached hydrogens (tertiary/aromatic N) is 2. The Morgan fingerprint density at radius 1 is 1.06 bits per heavy atom. The zero-order chi connectivity index (χ0) is 25.5. The summed E-state index contributed by atoms with van der Waals surface area (Å²) in [5, 5.41) is 3.01. The van der Waals surface area contributed by atoms with Gasteiger partial charge < -0.3 is 15.0 Å². The van der Waals surface area contributed by atoms with E-state index in [9.17, 15) is 17.6 Å². The van der Waals surface area contributed by atoms with Gasteiger partial charge in [0, 0.05) is 44.1 Å². The number of benzene rings is 2. The summed E-state index contributed by atoms with van der Waals surface area (Å²) in [5.74, 6) is -0.101. The second-order valence-electron chi connectivity index (χ2n) is 9.52. The average molecular weight is 519 g/mol. The molecule has 4 rings (SSSR count). The van der Waals surface area contributed by atoms with Crippen LogP contribution >= 0.6 is 0 Å². The Hall–Kier alpha value is -2.69. The molecule has 2 aliphatic heterocycles. The molecule has 2 saturated heterocycles. The van der Waals surface area contributed by atoms with Crippen molar-refractivity contribution in [2.24, 2.45) is 5.92 Å². The van der Waals surface area contributed by atoms with Gasteiger partial charge in [-0.3, -0.25) is 14.4 Å². The molecule has 36 heavy (non-hydrogen) atoms. The van der Waals surface area contributed by atoms with Crippen LogP contribution in [0.15, 0.2) is 47.4 Å². The number of rotatable bonds is 9. The van der Waals surface area contributed by atoms with Crippen LogP contribution in [0, 0.1) is 11.7 Å². The highest BCUT2D eigenvalue weighted by atomic mass is 32.2. The number of sulfonamides is 1. The van der Waals surface area contributed by atoms with E-state index < -0.39 is 15.8 Å². The first kappa shape index (κ1) is 26.4. The van der Waals surface area contributed by atoms with Gasteiger partial charge in [0.15, 0.2) is 0 Å². The molecule has 0 unspecified atom stereocenters. The molecule has 2 aromatic carbocycles. The Morgan fingerprint density at radius 3 is 2.44 bits per heavy atom. The van der Waals surface area contributed by atoms with Crippen LogP contribution < -0.4 is 14.9 Å². The standard InChI is InChI=1S/C26H35FN4O4S/c1-20-9-13-31(14-10-20)25-8-5-22(29-36(33,34)23-6-3-21(27)4-7-23)19-24(25)26(32)28-11-2-12-30-15-17-35-18-16-30/h3-8,19-20,29H,2,9-18H2,1H3,(H,28,32). The number of ether oxygens (including phenoxy) is 1. The quantitative estimate of drug-likeness (QED) is 0.495. The maximum Gasteiger partial charge on any atom is 0.261 e. The van der Waals surface area contributed by atoms with Gasteiger partial charge in [-0.15, -0.1) is 0 Å². The highest BCUT2D eigenvalue weighted by Gasteiger charge is 2.23. The fourth-order valence-electron chi connectivity index (χ4n) is 4.56. The number of morpholine rings is 1. The summed E-state index contributed by atoms with van der Waals surface area (Å²) < 4.78 is 46.8. The number of halogens is 1. The third kappa shape index (κ3) is 6.96. The zero-order valence-electron chi connectivity index (χ0n) is 20.7. The Morgan fingerprint density at radius 2 is 1.75 bits per heavy atom. The Labute approximate surface area is 212 Å². The van der Waals surface area contributed by atoms with Crippen LogP contribution in [-0.4, -0.2) is 71.7 Å². The number of carbonyl (C=O) groups excluding carboxylic acids is 1. The van der Waals surface area contributed by atoms with Crippen molar-refractivity contribution in [3.63, 3.8) is 0 Å². The predicted octanol–water partition coefficient (Wildman–Crippen LogP) is 3.31. The minimum atomic E-state index is -3.93. The summed E-state index contributed by atoms with van der Waals surface area (Å²) in [6, 6.07) is 9.69. The maximum absolute atomic E-state index is 13.3. The monoisotopic (exact) mass is 518 g/mol. The molecular formula is C26H35FN4O4S. The topological polar surface area (TPSA) is 91.0 Å². The number of amides is 1. The van der Waals surface area contributed by atoms with Crippen LogP contribution in [0.1, 0.15) is 36.5 Å². The second kappa shape index (κ2) is 12.0. The van der Waals surface area contributed by atoms with Crippen molar-refractivity contribution in [1.82, 2.24) is 10.2 Å². The molecule has 2 fully saturated rings.